The fourth-order valence-electron chi connectivity index (χ4n) is 5.73. The van der Waals surface area contributed by atoms with Gasteiger partial charge in [0, 0.05) is 31.6 Å². The van der Waals surface area contributed by atoms with Crippen LogP contribution in [-0.4, -0.2) is 35.9 Å². The van der Waals surface area contributed by atoms with Crippen LogP contribution in [0.25, 0.3) is 10.9 Å². The van der Waals surface area contributed by atoms with Crippen LogP contribution < -0.4 is 26.0 Å². The molecule has 7 nitrogen and oxygen atoms in total. The van der Waals surface area contributed by atoms with Gasteiger partial charge in [-0.25, -0.2) is 4.79 Å². The summed E-state index contributed by atoms with van der Waals surface area (Å²) in [7, 11) is 4.89. The van der Waals surface area contributed by atoms with Gasteiger partial charge in [-0.1, -0.05) is 23.7 Å². The summed E-state index contributed by atoms with van der Waals surface area (Å²) >= 11 is 6.27. The molecule has 1 aliphatic heterocycles. The molecule has 1 aromatic heterocycles. The van der Waals surface area contributed by atoms with E-state index in [0.717, 1.165) is 25.1 Å². The number of fused-ring (bicyclic) bond motifs is 4. The van der Waals surface area contributed by atoms with E-state index in [0.29, 0.717) is 46.5 Å². The summed E-state index contributed by atoms with van der Waals surface area (Å²) in [6, 6.07) is 9.69. The minimum Gasteiger partial charge on any atom is -0.496 e. The van der Waals surface area contributed by atoms with Gasteiger partial charge in [-0.2, -0.15) is 0 Å². The molecule has 0 radical (unpaired) electrons. The van der Waals surface area contributed by atoms with Gasteiger partial charge in [0.15, 0.2) is 0 Å². The van der Waals surface area contributed by atoms with Crippen molar-refractivity contribution >= 4 is 34.9 Å². The third-order valence-corrected chi connectivity index (χ3v) is 7.68. The molecule has 0 amide bonds. The Balaban J connectivity index is 0.00000274. The normalized spacial score (nSPS) is 21.0. The van der Waals surface area contributed by atoms with Gasteiger partial charge in [0.1, 0.15) is 11.5 Å². The Bertz CT molecular complexity index is 1350. The van der Waals surface area contributed by atoms with Crippen LogP contribution >= 0.6 is 24.0 Å². The Kier molecular flexibility index (Phi) is 6.99. The van der Waals surface area contributed by atoms with Crippen LogP contribution in [-0.2, 0) is 20.0 Å². The standard InChI is InChI=1S/C25H28ClN3O4.ClH/c1-28-20-12-22(33-3)18(26)11-17(20)24(30)29(25(28)31)10-9-19-23-14(13-27-19)7-8-15-16(23)5-4-6-21(15)32-2;/h4-6,11-12,14,19,23,27H,7-10,13H2,1-3H3;1H/t14-,19?,23+;/m0./s1. The van der Waals surface area contributed by atoms with E-state index >= 15 is 0 Å². The van der Waals surface area contributed by atoms with Crippen molar-refractivity contribution in [2.24, 2.45) is 13.0 Å². The first-order valence-corrected chi connectivity index (χ1v) is 11.7. The molecule has 1 fully saturated rings. The smallest absolute Gasteiger partial charge is 0.331 e. The second-order valence-corrected chi connectivity index (χ2v) is 9.37. The predicted octanol–water partition coefficient (Wildman–Crippen LogP) is 3.50. The maximum absolute atomic E-state index is 13.2. The first kappa shape index (κ1) is 24.6. The second kappa shape index (κ2) is 9.64. The minimum absolute atomic E-state index is 0. The molecule has 2 heterocycles. The second-order valence-electron chi connectivity index (χ2n) is 8.96. The predicted molar refractivity (Wildman–Crippen MR) is 136 cm³/mol. The highest BCUT2D eigenvalue weighted by atomic mass is 35.5. The molecule has 34 heavy (non-hydrogen) atoms. The number of nitrogens with zero attached hydrogens (tertiary/aromatic N) is 2. The van der Waals surface area contributed by atoms with Gasteiger partial charge in [0.2, 0.25) is 0 Å². The number of halogens is 2. The van der Waals surface area contributed by atoms with Crippen molar-refractivity contribution in [1.29, 1.82) is 0 Å². The molecule has 0 saturated carbocycles. The number of methoxy groups -OCH3 is 2. The molecule has 1 unspecified atom stereocenters. The van der Waals surface area contributed by atoms with E-state index in [1.165, 1.54) is 27.4 Å². The first-order valence-electron chi connectivity index (χ1n) is 11.3. The zero-order chi connectivity index (χ0) is 23.3. The number of nitrogens with one attached hydrogen (secondary N) is 1. The van der Waals surface area contributed by atoms with Crippen LogP contribution in [0, 0.1) is 5.92 Å². The van der Waals surface area contributed by atoms with Gasteiger partial charge in [-0.05, 0) is 55.0 Å². The number of aryl methyl sites for hydroxylation is 1. The molecule has 2 aliphatic rings. The molecule has 1 N–H and O–H groups in total. The monoisotopic (exact) mass is 505 g/mol. The van der Waals surface area contributed by atoms with Crippen molar-refractivity contribution in [3.8, 4) is 11.5 Å². The van der Waals surface area contributed by atoms with Crippen LogP contribution in [0.1, 0.15) is 29.9 Å². The van der Waals surface area contributed by atoms with Gasteiger partial charge in [0.05, 0.1) is 30.1 Å². The summed E-state index contributed by atoms with van der Waals surface area (Å²) < 4.78 is 13.7. The number of ether oxygens (including phenoxy) is 2. The van der Waals surface area contributed by atoms with Gasteiger partial charge < -0.3 is 14.8 Å². The van der Waals surface area contributed by atoms with Gasteiger partial charge in [0.25, 0.3) is 5.56 Å². The number of aromatic nitrogens is 2. The molecule has 9 heteroatoms. The van der Waals surface area contributed by atoms with Crippen molar-refractivity contribution < 1.29 is 9.47 Å². The van der Waals surface area contributed by atoms with Gasteiger partial charge >= 0.3 is 5.69 Å². The van der Waals surface area contributed by atoms with E-state index in [1.807, 2.05) is 6.07 Å². The Morgan fingerprint density at radius 3 is 2.65 bits per heavy atom. The van der Waals surface area contributed by atoms with Crippen LogP contribution in [0.2, 0.25) is 5.02 Å². The van der Waals surface area contributed by atoms with Crippen molar-refractivity contribution in [2.75, 3.05) is 20.8 Å². The molecule has 5 rings (SSSR count). The molecular weight excluding hydrogens is 477 g/mol. The van der Waals surface area contributed by atoms with E-state index in [1.54, 1.807) is 26.3 Å². The number of hydrogen-bond acceptors (Lipinski definition) is 5. The van der Waals surface area contributed by atoms with E-state index in [9.17, 15) is 9.59 Å². The van der Waals surface area contributed by atoms with E-state index in [-0.39, 0.29) is 29.7 Å². The summed E-state index contributed by atoms with van der Waals surface area (Å²) in [6.07, 6.45) is 2.81. The molecule has 2 aromatic carbocycles. The number of hydrogen-bond donors (Lipinski definition) is 1. The van der Waals surface area contributed by atoms with Crippen LogP contribution in [0.4, 0.5) is 0 Å². The third kappa shape index (κ3) is 3.89. The van der Waals surface area contributed by atoms with Gasteiger partial charge in [-0.3, -0.25) is 13.9 Å². The summed E-state index contributed by atoms with van der Waals surface area (Å²) in [5.74, 6) is 2.28. The minimum atomic E-state index is -0.336. The Labute approximate surface area is 209 Å². The molecule has 3 aromatic rings. The van der Waals surface area contributed by atoms with Crippen molar-refractivity contribution in [1.82, 2.24) is 14.5 Å². The molecule has 0 spiro atoms. The molecule has 182 valence electrons. The molecule has 1 saturated heterocycles. The largest absolute Gasteiger partial charge is 0.496 e. The number of rotatable bonds is 5. The average molecular weight is 506 g/mol. The fourth-order valence-corrected chi connectivity index (χ4v) is 5.97. The third-order valence-electron chi connectivity index (χ3n) is 7.39. The quantitative estimate of drug-likeness (QED) is 0.574. The lowest BCUT2D eigenvalue weighted by Gasteiger charge is -2.32. The van der Waals surface area contributed by atoms with Crippen LogP contribution in [0.5, 0.6) is 11.5 Å². The highest BCUT2D eigenvalue weighted by Crippen LogP contribution is 2.45. The van der Waals surface area contributed by atoms with Crippen molar-refractivity contribution in [3.05, 3.63) is 67.3 Å². The van der Waals surface area contributed by atoms with Crippen molar-refractivity contribution in [3.63, 3.8) is 0 Å². The average Bonchev–Trinajstić information content (AvgIpc) is 3.25. The van der Waals surface area contributed by atoms with Crippen molar-refractivity contribution in [2.45, 2.75) is 37.8 Å². The maximum Gasteiger partial charge on any atom is 0.331 e. The Morgan fingerprint density at radius 2 is 1.91 bits per heavy atom. The zero-order valence-corrected chi connectivity index (χ0v) is 21.0. The lowest BCUT2D eigenvalue weighted by atomic mass is 9.73. The molecule has 1 aliphatic carbocycles. The van der Waals surface area contributed by atoms with E-state index < -0.39 is 0 Å². The summed E-state index contributed by atoms with van der Waals surface area (Å²) in [4.78, 5) is 26.3. The lowest BCUT2D eigenvalue weighted by Crippen LogP contribution is -2.41. The molecular formula is C25H29Cl2N3O4. The highest BCUT2D eigenvalue weighted by molar-refractivity contribution is 6.32. The molecule has 0 bridgehead atoms. The zero-order valence-electron chi connectivity index (χ0n) is 19.5. The van der Waals surface area contributed by atoms with E-state index in [2.05, 4.69) is 17.4 Å². The topological polar surface area (TPSA) is 74.5 Å². The summed E-state index contributed by atoms with van der Waals surface area (Å²) in [5, 5.41) is 4.42. The highest BCUT2D eigenvalue weighted by Gasteiger charge is 2.40. The number of benzene rings is 2. The van der Waals surface area contributed by atoms with Crippen LogP contribution in [0.3, 0.4) is 0 Å². The molecule has 3 atom stereocenters. The van der Waals surface area contributed by atoms with Gasteiger partial charge in [-0.15, -0.1) is 12.4 Å². The summed E-state index contributed by atoms with van der Waals surface area (Å²) in [5.41, 5.74) is 2.47. The first-order chi connectivity index (χ1) is 15.9. The Hall–Kier alpha value is -2.48. The summed E-state index contributed by atoms with van der Waals surface area (Å²) in [6.45, 7) is 1.29. The lowest BCUT2D eigenvalue weighted by molar-refractivity contribution is 0.370. The van der Waals surface area contributed by atoms with E-state index in [4.69, 9.17) is 21.1 Å². The maximum atomic E-state index is 13.2. The Morgan fingerprint density at radius 1 is 1.15 bits per heavy atom. The fraction of sp³-hybridized carbons (Fsp3) is 0.440. The SMILES string of the molecule is COc1cc2c(cc1Cl)c(=O)n(CCC1NC[C@@H]3CCc4c(OC)cccc4[C@H]13)c(=O)n2C.Cl. The van der Waals surface area contributed by atoms with Crippen LogP contribution in [0.15, 0.2) is 39.9 Å².